The van der Waals surface area contributed by atoms with Crippen LogP contribution < -0.4 is 5.56 Å². The number of halogens is 1. The van der Waals surface area contributed by atoms with Crippen molar-refractivity contribution in [3.8, 4) is 0 Å². The van der Waals surface area contributed by atoms with Crippen molar-refractivity contribution in [3.05, 3.63) is 26.4 Å². The predicted octanol–water partition coefficient (Wildman–Crippen LogP) is 1.18. The van der Waals surface area contributed by atoms with E-state index in [1.165, 1.54) is 0 Å². The Labute approximate surface area is 77.6 Å². The first-order valence-electron chi connectivity index (χ1n) is 3.51. The van der Waals surface area contributed by atoms with Gasteiger partial charge in [0.1, 0.15) is 0 Å². The maximum absolute atomic E-state index is 11.3. The lowest BCUT2D eigenvalue weighted by molar-refractivity contribution is 0.692. The van der Waals surface area contributed by atoms with Gasteiger partial charge in [0.25, 0.3) is 5.56 Å². The molecule has 0 aliphatic heterocycles. The van der Waals surface area contributed by atoms with Crippen molar-refractivity contribution in [3.63, 3.8) is 0 Å². The van der Waals surface area contributed by atoms with Crippen molar-refractivity contribution in [1.82, 2.24) is 9.55 Å². The molecule has 0 amide bonds. The quantitative estimate of drug-likeness (QED) is 0.712. The van der Waals surface area contributed by atoms with Gasteiger partial charge in [-0.3, -0.25) is 4.79 Å². The molecule has 3 nitrogen and oxygen atoms in total. The van der Waals surface area contributed by atoms with Crippen LogP contribution in [0.1, 0.15) is 18.9 Å². The second kappa shape index (κ2) is 2.58. The summed E-state index contributed by atoms with van der Waals surface area (Å²) in [7, 11) is 0. The molecule has 0 spiro atoms. The largest absolute Gasteiger partial charge is 0.309 e. The van der Waals surface area contributed by atoms with Gasteiger partial charge in [-0.15, -0.1) is 0 Å². The molecule has 2 rings (SSSR count). The Morgan fingerprint density at radius 1 is 1.64 bits per heavy atom. The van der Waals surface area contributed by atoms with E-state index in [-0.39, 0.29) is 5.56 Å². The third-order valence-electron chi connectivity index (χ3n) is 1.77. The Balaban J connectivity index is 2.54. The second-order valence-corrected chi connectivity index (χ2v) is 3.68. The zero-order chi connectivity index (χ0) is 7.84. The first-order chi connectivity index (χ1) is 5.29. The van der Waals surface area contributed by atoms with Crippen LogP contribution in [0.15, 0.2) is 17.2 Å². The molecule has 0 saturated heterocycles. The summed E-state index contributed by atoms with van der Waals surface area (Å²) in [4.78, 5) is 15.2. The van der Waals surface area contributed by atoms with Crippen LogP contribution in [-0.4, -0.2) is 9.55 Å². The van der Waals surface area contributed by atoms with Crippen LogP contribution in [0, 0.1) is 3.70 Å². The molecule has 11 heavy (non-hydrogen) atoms. The van der Waals surface area contributed by atoms with Gasteiger partial charge in [0.2, 0.25) is 0 Å². The van der Waals surface area contributed by atoms with Gasteiger partial charge in [-0.1, -0.05) is 0 Å². The number of nitrogens with zero attached hydrogens (tertiary/aromatic N) is 2. The van der Waals surface area contributed by atoms with Crippen LogP contribution in [-0.2, 0) is 0 Å². The monoisotopic (exact) mass is 262 g/mol. The minimum atomic E-state index is 0.0515. The minimum absolute atomic E-state index is 0.0515. The van der Waals surface area contributed by atoms with E-state index in [4.69, 9.17) is 0 Å². The average Bonchev–Trinajstić information content (AvgIpc) is 2.77. The second-order valence-electron chi connectivity index (χ2n) is 2.66. The fourth-order valence-corrected chi connectivity index (χ4v) is 1.48. The number of aromatic nitrogens is 2. The molecular weight excluding hydrogens is 255 g/mol. The van der Waals surface area contributed by atoms with Crippen LogP contribution in [0.3, 0.4) is 0 Å². The van der Waals surface area contributed by atoms with E-state index in [1.54, 1.807) is 17.0 Å². The number of hydrogen-bond acceptors (Lipinski definition) is 2. The van der Waals surface area contributed by atoms with E-state index in [0.29, 0.717) is 9.74 Å². The Bertz CT molecular complexity index is 329. The van der Waals surface area contributed by atoms with Crippen LogP contribution in [0.4, 0.5) is 0 Å². The molecule has 58 valence electrons. The van der Waals surface area contributed by atoms with Gasteiger partial charge in [0.15, 0.2) is 3.70 Å². The minimum Gasteiger partial charge on any atom is -0.309 e. The molecule has 0 bridgehead atoms. The summed E-state index contributed by atoms with van der Waals surface area (Å²) in [6.45, 7) is 0. The predicted molar refractivity (Wildman–Crippen MR) is 49.5 cm³/mol. The van der Waals surface area contributed by atoms with Gasteiger partial charge >= 0.3 is 0 Å². The highest BCUT2D eigenvalue weighted by Crippen LogP contribution is 2.32. The summed E-state index contributed by atoms with van der Waals surface area (Å²) >= 11 is 1.97. The molecular formula is C7H7IN2O. The molecule has 0 unspecified atom stereocenters. The molecule has 0 aromatic carbocycles. The number of hydrogen-bond donors (Lipinski definition) is 0. The highest BCUT2D eigenvalue weighted by Gasteiger charge is 2.24. The first-order valence-corrected chi connectivity index (χ1v) is 4.59. The lowest BCUT2D eigenvalue weighted by Gasteiger charge is -2.00. The molecule has 0 atom stereocenters. The Morgan fingerprint density at radius 3 is 3.00 bits per heavy atom. The molecule has 1 saturated carbocycles. The normalized spacial score (nSPS) is 16.8. The summed E-state index contributed by atoms with van der Waals surface area (Å²) in [5, 5.41) is 0. The summed E-state index contributed by atoms with van der Waals surface area (Å²) in [5.41, 5.74) is 0.0515. The summed E-state index contributed by atoms with van der Waals surface area (Å²) in [5.74, 6) is 0. The van der Waals surface area contributed by atoms with E-state index in [0.717, 1.165) is 12.8 Å². The van der Waals surface area contributed by atoms with Crippen molar-refractivity contribution in [2.24, 2.45) is 0 Å². The fourth-order valence-electron chi connectivity index (χ4n) is 1.04. The Morgan fingerprint density at radius 2 is 2.36 bits per heavy atom. The highest BCUT2D eigenvalue weighted by atomic mass is 127. The van der Waals surface area contributed by atoms with Crippen molar-refractivity contribution in [2.75, 3.05) is 0 Å². The molecule has 1 aromatic heterocycles. The van der Waals surface area contributed by atoms with E-state index < -0.39 is 0 Å². The lowest BCUT2D eigenvalue weighted by Crippen LogP contribution is -2.21. The van der Waals surface area contributed by atoms with Crippen molar-refractivity contribution < 1.29 is 0 Å². The van der Waals surface area contributed by atoms with Crippen molar-refractivity contribution in [2.45, 2.75) is 18.9 Å². The molecule has 0 N–H and O–H groups in total. The first kappa shape index (κ1) is 7.27. The zero-order valence-electron chi connectivity index (χ0n) is 5.83. The van der Waals surface area contributed by atoms with Crippen LogP contribution >= 0.6 is 22.6 Å². The van der Waals surface area contributed by atoms with Gasteiger partial charge in [0, 0.05) is 18.4 Å². The summed E-state index contributed by atoms with van der Waals surface area (Å²) in [6, 6.07) is 0.457. The molecule has 1 heterocycles. The van der Waals surface area contributed by atoms with Gasteiger partial charge in [-0.25, -0.2) is 4.98 Å². The highest BCUT2D eigenvalue weighted by molar-refractivity contribution is 14.1. The Kier molecular flexibility index (Phi) is 1.71. The van der Waals surface area contributed by atoms with Crippen molar-refractivity contribution in [1.29, 1.82) is 0 Å². The fraction of sp³-hybridized carbons (Fsp3) is 0.429. The van der Waals surface area contributed by atoms with E-state index in [9.17, 15) is 4.79 Å². The zero-order valence-corrected chi connectivity index (χ0v) is 7.98. The standard InChI is InChI=1S/C7H7IN2O/c8-6-7(11)10(4-3-9-6)5-1-2-5/h3-5H,1-2H2. The lowest BCUT2D eigenvalue weighted by atomic mass is 10.6. The smallest absolute Gasteiger partial charge is 0.282 e. The topological polar surface area (TPSA) is 34.9 Å². The maximum Gasteiger partial charge on any atom is 0.282 e. The van der Waals surface area contributed by atoms with Gasteiger partial charge in [0.05, 0.1) is 0 Å². The van der Waals surface area contributed by atoms with Crippen LogP contribution in [0.5, 0.6) is 0 Å². The van der Waals surface area contributed by atoms with Gasteiger partial charge < -0.3 is 4.57 Å². The molecule has 4 heteroatoms. The van der Waals surface area contributed by atoms with Crippen molar-refractivity contribution >= 4 is 22.6 Å². The molecule has 1 fully saturated rings. The Hall–Kier alpha value is -0.390. The summed E-state index contributed by atoms with van der Waals surface area (Å²) < 4.78 is 2.34. The molecule has 1 aliphatic carbocycles. The molecule has 1 aliphatic rings. The molecule has 0 radical (unpaired) electrons. The average molecular weight is 262 g/mol. The van der Waals surface area contributed by atoms with Crippen LogP contribution in [0.2, 0.25) is 0 Å². The summed E-state index contributed by atoms with van der Waals surface area (Å²) in [6.07, 6.45) is 5.73. The van der Waals surface area contributed by atoms with E-state index in [1.807, 2.05) is 22.6 Å². The SMILES string of the molecule is O=c1c(I)nccn1C1CC1. The van der Waals surface area contributed by atoms with Gasteiger partial charge in [-0.2, -0.15) is 0 Å². The third kappa shape index (κ3) is 1.31. The number of rotatable bonds is 1. The maximum atomic E-state index is 11.3. The van der Waals surface area contributed by atoms with Gasteiger partial charge in [-0.05, 0) is 35.4 Å². The van der Waals surface area contributed by atoms with E-state index >= 15 is 0 Å². The van der Waals surface area contributed by atoms with E-state index in [2.05, 4.69) is 4.98 Å². The third-order valence-corrected chi connectivity index (χ3v) is 2.51. The van der Waals surface area contributed by atoms with Crippen LogP contribution in [0.25, 0.3) is 0 Å². The molecule has 1 aromatic rings.